The van der Waals surface area contributed by atoms with E-state index in [1.165, 1.54) is 0 Å². The molecule has 2 rings (SSSR count). The van der Waals surface area contributed by atoms with Crippen LogP contribution < -0.4 is 4.90 Å². The summed E-state index contributed by atoms with van der Waals surface area (Å²) in [6.45, 7) is 0. The van der Waals surface area contributed by atoms with Crippen molar-refractivity contribution in [3.05, 3.63) is 57.7 Å². The highest BCUT2D eigenvalue weighted by molar-refractivity contribution is 14.1. The summed E-state index contributed by atoms with van der Waals surface area (Å²) in [6.07, 6.45) is 0. The van der Waals surface area contributed by atoms with Crippen LogP contribution in [0.4, 0.5) is 5.69 Å². The molecule has 2 aromatic rings. The topological polar surface area (TPSA) is 40.5 Å². The number of benzene rings is 2. The van der Waals surface area contributed by atoms with Gasteiger partial charge in [0.1, 0.15) is 5.75 Å². The van der Waals surface area contributed by atoms with Crippen molar-refractivity contribution in [3.8, 4) is 5.75 Å². The Balaban J connectivity index is 2.23. The van der Waals surface area contributed by atoms with Crippen molar-refractivity contribution in [1.29, 1.82) is 0 Å². The molecule has 0 aliphatic carbocycles. The van der Waals surface area contributed by atoms with Crippen molar-refractivity contribution in [2.75, 3.05) is 11.9 Å². The normalized spacial score (nSPS) is 10.1. The van der Waals surface area contributed by atoms with Gasteiger partial charge in [-0.25, -0.2) is 0 Å². The van der Waals surface area contributed by atoms with Crippen LogP contribution in [0.15, 0.2) is 48.5 Å². The Morgan fingerprint density at radius 2 is 1.61 bits per heavy atom. The van der Waals surface area contributed by atoms with E-state index >= 15 is 0 Å². The van der Waals surface area contributed by atoms with Crippen LogP contribution >= 0.6 is 22.6 Å². The van der Waals surface area contributed by atoms with Gasteiger partial charge in [0, 0.05) is 21.9 Å². The lowest BCUT2D eigenvalue weighted by Crippen LogP contribution is -2.26. The van der Waals surface area contributed by atoms with E-state index in [0.29, 0.717) is 5.56 Å². The number of amides is 1. The molecule has 0 heterocycles. The van der Waals surface area contributed by atoms with Crippen molar-refractivity contribution < 1.29 is 9.90 Å². The van der Waals surface area contributed by atoms with Gasteiger partial charge in [0.05, 0.1) is 0 Å². The number of phenols is 1. The standard InChI is InChI=1S/C14H12INO2/c1-16(12-6-8-13(17)9-7-12)14(18)10-2-4-11(15)5-3-10/h2-9,17H,1H3. The molecule has 3 nitrogen and oxygen atoms in total. The summed E-state index contributed by atoms with van der Waals surface area (Å²) in [5.41, 5.74) is 1.39. The lowest BCUT2D eigenvalue weighted by atomic mass is 10.2. The lowest BCUT2D eigenvalue weighted by Gasteiger charge is -2.17. The average Bonchev–Trinajstić information content (AvgIpc) is 2.39. The first-order valence-corrected chi connectivity index (χ1v) is 6.48. The third-order valence-electron chi connectivity index (χ3n) is 2.63. The van der Waals surface area contributed by atoms with E-state index in [1.807, 2.05) is 12.1 Å². The van der Waals surface area contributed by atoms with E-state index in [-0.39, 0.29) is 11.7 Å². The van der Waals surface area contributed by atoms with Crippen LogP contribution in [-0.2, 0) is 0 Å². The van der Waals surface area contributed by atoms with Gasteiger partial charge in [-0.2, -0.15) is 0 Å². The Hall–Kier alpha value is -1.56. The van der Waals surface area contributed by atoms with Gasteiger partial charge in [-0.05, 0) is 71.1 Å². The summed E-state index contributed by atoms with van der Waals surface area (Å²) in [4.78, 5) is 13.8. The number of carbonyl (C=O) groups is 1. The van der Waals surface area contributed by atoms with Gasteiger partial charge in [-0.1, -0.05) is 0 Å². The van der Waals surface area contributed by atoms with E-state index in [1.54, 1.807) is 48.3 Å². The van der Waals surface area contributed by atoms with Crippen LogP contribution in [0.25, 0.3) is 0 Å². The molecule has 0 aliphatic rings. The van der Waals surface area contributed by atoms with Gasteiger partial charge in [0.15, 0.2) is 0 Å². The van der Waals surface area contributed by atoms with Gasteiger partial charge in [0.2, 0.25) is 0 Å². The van der Waals surface area contributed by atoms with Crippen LogP contribution in [0.5, 0.6) is 5.75 Å². The van der Waals surface area contributed by atoms with Crippen molar-refractivity contribution in [3.63, 3.8) is 0 Å². The fourth-order valence-corrected chi connectivity index (χ4v) is 1.94. The number of halogens is 1. The minimum atomic E-state index is -0.0721. The summed E-state index contributed by atoms with van der Waals surface area (Å²) in [5.74, 6) is 0.117. The van der Waals surface area contributed by atoms with E-state index in [2.05, 4.69) is 22.6 Å². The maximum absolute atomic E-state index is 12.2. The van der Waals surface area contributed by atoms with Crippen molar-refractivity contribution in [1.82, 2.24) is 0 Å². The van der Waals surface area contributed by atoms with Crippen LogP contribution in [0.1, 0.15) is 10.4 Å². The smallest absolute Gasteiger partial charge is 0.258 e. The fourth-order valence-electron chi connectivity index (χ4n) is 1.58. The van der Waals surface area contributed by atoms with Crippen LogP contribution in [0, 0.1) is 3.57 Å². The Kier molecular flexibility index (Phi) is 3.86. The van der Waals surface area contributed by atoms with Gasteiger partial charge in [0.25, 0.3) is 5.91 Å². The Labute approximate surface area is 119 Å². The second-order valence-electron chi connectivity index (χ2n) is 3.89. The molecule has 0 spiro atoms. The zero-order chi connectivity index (χ0) is 13.1. The first-order valence-electron chi connectivity index (χ1n) is 5.40. The molecule has 0 aromatic heterocycles. The fraction of sp³-hybridized carbons (Fsp3) is 0.0714. The minimum Gasteiger partial charge on any atom is -0.508 e. The third kappa shape index (κ3) is 2.81. The van der Waals surface area contributed by atoms with Crippen LogP contribution in [0.3, 0.4) is 0 Å². The van der Waals surface area contributed by atoms with Crippen molar-refractivity contribution in [2.45, 2.75) is 0 Å². The van der Waals surface area contributed by atoms with Gasteiger partial charge in [-0.15, -0.1) is 0 Å². The van der Waals surface area contributed by atoms with E-state index in [4.69, 9.17) is 0 Å². The number of hydrogen-bond acceptors (Lipinski definition) is 2. The minimum absolute atomic E-state index is 0.0721. The Morgan fingerprint density at radius 1 is 1.06 bits per heavy atom. The zero-order valence-corrected chi connectivity index (χ0v) is 12.0. The van der Waals surface area contributed by atoms with E-state index < -0.39 is 0 Å². The maximum Gasteiger partial charge on any atom is 0.258 e. The lowest BCUT2D eigenvalue weighted by molar-refractivity contribution is 0.0993. The van der Waals surface area contributed by atoms with Gasteiger partial charge < -0.3 is 10.0 Å². The summed E-state index contributed by atoms with van der Waals surface area (Å²) in [6, 6.07) is 14.0. The number of carbonyl (C=O) groups excluding carboxylic acids is 1. The summed E-state index contributed by atoms with van der Waals surface area (Å²) < 4.78 is 1.09. The largest absolute Gasteiger partial charge is 0.508 e. The monoisotopic (exact) mass is 353 g/mol. The Morgan fingerprint density at radius 3 is 2.17 bits per heavy atom. The van der Waals surface area contributed by atoms with E-state index in [9.17, 15) is 9.90 Å². The zero-order valence-electron chi connectivity index (χ0n) is 9.80. The first-order chi connectivity index (χ1) is 8.58. The predicted octanol–water partition coefficient (Wildman–Crippen LogP) is 3.27. The van der Waals surface area contributed by atoms with Gasteiger partial charge >= 0.3 is 0 Å². The molecule has 0 saturated carbocycles. The molecule has 1 amide bonds. The molecule has 0 aliphatic heterocycles. The number of anilines is 1. The molecule has 0 radical (unpaired) electrons. The number of phenolic OH excluding ortho intramolecular Hbond substituents is 1. The molecule has 4 heteroatoms. The molecule has 2 aromatic carbocycles. The maximum atomic E-state index is 12.2. The highest BCUT2D eigenvalue weighted by atomic mass is 127. The molecular weight excluding hydrogens is 341 g/mol. The molecule has 0 bridgehead atoms. The van der Waals surface area contributed by atoms with Crippen LogP contribution in [0.2, 0.25) is 0 Å². The van der Waals surface area contributed by atoms with Crippen molar-refractivity contribution in [2.24, 2.45) is 0 Å². The average molecular weight is 353 g/mol. The quantitative estimate of drug-likeness (QED) is 0.842. The highest BCUT2D eigenvalue weighted by Crippen LogP contribution is 2.19. The summed E-state index contributed by atoms with van der Waals surface area (Å²) >= 11 is 2.20. The number of hydrogen-bond donors (Lipinski definition) is 1. The molecular formula is C14H12INO2. The second-order valence-corrected chi connectivity index (χ2v) is 5.13. The highest BCUT2D eigenvalue weighted by Gasteiger charge is 2.12. The van der Waals surface area contributed by atoms with Crippen LogP contribution in [-0.4, -0.2) is 18.1 Å². The predicted molar refractivity (Wildman–Crippen MR) is 80.0 cm³/mol. The molecule has 0 fully saturated rings. The van der Waals surface area contributed by atoms with Crippen molar-refractivity contribution >= 4 is 34.2 Å². The van der Waals surface area contributed by atoms with E-state index in [0.717, 1.165) is 9.26 Å². The molecule has 92 valence electrons. The Bertz CT molecular complexity index is 549. The first kappa shape index (κ1) is 12.9. The molecule has 0 unspecified atom stereocenters. The molecule has 18 heavy (non-hydrogen) atoms. The number of aromatic hydroxyl groups is 1. The molecule has 0 saturated heterocycles. The van der Waals surface area contributed by atoms with Gasteiger partial charge in [-0.3, -0.25) is 4.79 Å². The number of rotatable bonds is 2. The molecule has 1 N–H and O–H groups in total. The number of nitrogens with zero attached hydrogens (tertiary/aromatic N) is 1. The summed E-state index contributed by atoms with van der Waals surface area (Å²) in [5, 5.41) is 9.22. The summed E-state index contributed by atoms with van der Waals surface area (Å²) in [7, 11) is 1.71. The molecule has 0 atom stereocenters. The third-order valence-corrected chi connectivity index (χ3v) is 3.35. The second kappa shape index (κ2) is 5.39. The SMILES string of the molecule is CN(C(=O)c1ccc(I)cc1)c1ccc(O)cc1.